The first-order valence-corrected chi connectivity index (χ1v) is 5.24. The van der Waals surface area contributed by atoms with Crippen molar-refractivity contribution >= 4 is 21.6 Å². The summed E-state index contributed by atoms with van der Waals surface area (Å²) in [6.45, 7) is 1.83. The van der Waals surface area contributed by atoms with Gasteiger partial charge in [0.2, 0.25) is 0 Å². The van der Waals surface area contributed by atoms with Gasteiger partial charge in [-0.25, -0.2) is 4.39 Å². The zero-order chi connectivity index (χ0) is 11.4. The molecule has 0 bridgehead atoms. The van der Waals surface area contributed by atoms with Crippen LogP contribution in [-0.2, 0) is 0 Å². The van der Waals surface area contributed by atoms with Crippen molar-refractivity contribution in [2.45, 2.75) is 13.3 Å². The number of allylic oxidation sites excluding steroid dienone is 1. The van der Waals surface area contributed by atoms with Crippen molar-refractivity contribution in [3.8, 4) is 6.07 Å². The van der Waals surface area contributed by atoms with E-state index in [1.165, 1.54) is 6.07 Å². The fourth-order valence-corrected chi connectivity index (χ4v) is 1.68. The van der Waals surface area contributed by atoms with Gasteiger partial charge in [-0.05, 0) is 28.4 Å². The molecule has 0 saturated carbocycles. The third kappa shape index (κ3) is 2.37. The summed E-state index contributed by atoms with van der Waals surface area (Å²) >= 11 is 3.11. The zero-order valence-corrected chi connectivity index (χ0v) is 9.81. The Hall–Kier alpha value is -1.34. The van der Waals surface area contributed by atoms with Gasteiger partial charge in [0.05, 0.1) is 21.8 Å². The van der Waals surface area contributed by atoms with Gasteiger partial charge >= 0.3 is 0 Å². The van der Waals surface area contributed by atoms with Crippen molar-refractivity contribution < 1.29 is 4.39 Å². The third-order valence-electron chi connectivity index (χ3n) is 2.06. The summed E-state index contributed by atoms with van der Waals surface area (Å²) in [6, 6.07) is 6.58. The van der Waals surface area contributed by atoms with Crippen molar-refractivity contribution in [1.82, 2.24) is 0 Å². The molecule has 1 aromatic carbocycles. The molecule has 0 fully saturated rings. The van der Waals surface area contributed by atoms with Gasteiger partial charge in [0.15, 0.2) is 0 Å². The Morgan fingerprint density at radius 2 is 2.27 bits per heavy atom. The minimum absolute atomic E-state index is 0.295. The van der Waals surface area contributed by atoms with Crippen LogP contribution in [0.15, 0.2) is 28.2 Å². The molecule has 2 nitrogen and oxygen atoms in total. The molecule has 0 aliphatic rings. The molecule has 1 aromatic rings. The molecule has 0 saturated heterocycles. The quantitative estimate of drug-likeness (QED) is 0.838. The van der Waals surface area contributed by atoms with Crippen LogP contribution in [0, 0.1) is 17.1 Å². The van der Waals surface area contributed by atoms with E-state index in [4.69, 9.17) is 11.0 Å². The van der Waals surface area contributed by atoms with E-state index in [0.717, 1.165) is 0 Å². The van der Waals surface area contributed by atoms with Gasteiger partial charge in [-0.3, -0.25) is 0 Å². The van der Waals surface area contributed by atoms with Crippen LogP contribution in [0.5, 0.6) is 0 Å². The largest absolute Gasteiger partial charge is 0.397 e. The second-order valence-electron chi connectivity index (χ2n) is 2.96. The molecular weight excluding hydrogens is 259 g/mol. The Bertz CT molecular complexity index is 446. The van der Waals surface area contributed by atoms with Crippen molar-refractivity contribution in [2.75, 3.05) is 0 Å². The van der Waals surface area contributed by atoms with Gasteiger partial charge in [0, 0.05) is 5.56 Å². The van der Waals surface area contributed by atoms with Crippen molar-refractivity contribution in [3.05, 3.63) is 39.6 Å². The molecule has 0 amide bonds. The number of rotatable bonds is 2. The van der Waals surface area contributed by atoms with Crippen LogP contribution in [0.1, 0.15) is 18.9 Å². The van der Waals surface area contributed by atoms with Gasteiger partial charge in [-0.2, -0.15) is 5.26 Å². The van der Waals surface area contributed by atoms with E-state index in [1.807, 2.05) is 13.0 Å². The maximum Gasteiger partial charge on any atom is 0.138 e. The lowest BCUT2D eigenvalue weighted by molar-refractivity contribution is 0.620. The third-order valence-corrected chi connectivity index (χ3v) is 2.86. The maximum absolute atomic E-state index is 13.2. The monoisotopic (exact) mass is 268 g/mol. The molecule has 0 heterocycles. The Kier molecular flexibility index (Phi) is 3.87. The Balaban J connectivity index is 3.35. The number of nitrogens with zero attached hydrogens (tertiary/aromatic N) is 1. The smallest absolute Gasteiger partial charge is 0.138 e. The zero-order valence-electron chi connectivity index (χ0n) is 8.22. The van der Waals surface area contributed by atoms with E-state index in [1.54, 1.807) is 12.1 Å². The van der Waals surface area contributed by atoms with E-state index in [-0.39, 0.29) is 5.82 Å². The van der Waals surface area contributed by atoms with Crippen LogP contribution in [-0.4, -0.2) is 0 Å². The fourth-order valence-electron chi connectivity index (χ4n) is 1.20. The molecule has 0 radical (unpaired) electrons. The minimum atomic E-state index is -0.385. The number of nitriles is 1. The Morgan fingerprint density at radius 3 is 2.80 bits per heavy atom. The standard InChI is InChI=1S/C11H10BrFN2/c1-2-7(6-14)11(15)8-4-3-5-9(13)10(8)12/h3-5H,2,15H2,1H3/b11-7-. The highest BCUT2D eigenvalue weighted by Gasteiger charge is 2.10. The Labute approximate surface area is 96.3 Å². The number of benzene rings is 1. The lowest BCUT2D eigenvalue weighted by Crippen LogP contribution is -2.02. The van der Waals surface area contributed by atoms with Gasteiger partial charge in [0.1, 0.15) is 5.82 Å². The van der Waals surface area contributed by atoms with Gasteiger partial charge in [-0.1, -0.05) is 19.1 Å². The molecule has 4 heteroatoms. The van der Waals surface area contributed by atoms with Crippen molar-refractivity contribution in [2.24, 2.45) is 5.73 Å². The van der Waals surface area contributed by atoms with Crippen molar-refractivity contribution in [3.63, 3.8) is 0 Å². The predicted molar refractivity (Wildman–Crippen MR) is 61.1 cm³/mol. The summed E-state index contributed by atoms with van der Waals surface area (Å²) in [4.78, 5) is 0. The highest BCUT2D eigenvalue weighted by molar-refractivity contribution is 9.10. The molecular formula is C11H10BrFN2. The Morgan fingerprint density at radius 1 is 1.60 bits per heavy atom. The molecule has 0 aromatic heterocycles. The first-order chi connectivity index (χ1) is 7.11. The van der Waals surface area contributed by atoms with Gasteiger partial charge in [0.25, 0.3) is 0 Å². The van der Waals surface area contributed by atoms with E-state index >= 15 is 0 Å². The van der Waals surface area contributed by atoms with Gasteiger partial charge in [-0.15, -0.1) is 0 Å². The van der Waals surface area contributed by atoms with E-state index in [2.05, 4.69) is 15.9 Å². The van der Waals surface area contributed by atoms with Gasteiger partial charge < -0.3 is 5.73 Å². The topological polar surface area (TPSA) is 49.8 Å². The molecule has 0 spiro atoms. The first-order valence-electron chi connectivity index (χ1n) is 4.44. The average molecular weight is 269 g/mol. The molecule has 1 rings (SSSR count). The molecule has 78 valence electrons. The summed E-state index contributed by atoms with van der Waals surface area (Å²) in [6.07, 6.45) is 0.533. The van der Waals surface area contributed by atoms with E-state index in [0.29, 0.717) is 27.7 Å². The minimum Gasteiger partial charge on any atom is -0.397 e. The summed E-state index contributed by atoms with van der Waals surface area (Å²) in [5.41, 5.74) is 7.10. The summed E-state index contributed by atoms with van der Waals surface area (Å²) in [5.74, 6) is -0.385. The highest BCUT2D eigenvalue weighted by atomic mass is 79.9. The molecule has 15 heavy (non-hydrogen) atoms. The van der Waals surface area contributed by atoms with Crippen LogP contribution in [0.3, 0.4) is 0 Å². The van der Waals surface area contributed by atoms with Crippen LogP contribution in [0.2, 0.25) is 0 Å². The lowest BCUT2D eigenvalue weighted by Gasteiger charge is -2.07. The lowest BCUT2D eigenvalue weighted by atomic mass is 10.1. The molecule has 0 atom stereocenters. The molecule has 0 aliphatic carbocycles. The van der Waals surface area contributed by atoms with E-state index < -0.39 is 0 Å². The fraction of sp³-hybridized carbons (Fsp3) is 0.182. The van der Waals surface area contributed by atoms with E-state index in [9.17, 15) is 4.39 Å². The second-order valence-corrected chi connectivity index (χ2v) is 3.75. The first kappa shape index (κ1) is 11.7. The van der Waals surface area contributed by atoms with Crippen LogP contribution < -0.4 is 5.73 Å². The number of hydrogen-bond donors (Lipinski definition) is 1. The average Bonchev–Trinajstić information content (AvgIpc) is 2.23. The maximum atomic E-state index is 13.2. The molecule has 0 unspecified atom stereocenters. The van der Waals surface area contributed by atoms with Crippen LogP contribution in [0.25, 0.3) is 5.70 Å². The molecule has 0 aliphatic heterocycles. The van der Waals surface area contributed by atoms with Crippen molar-refractivity contribution in [1.29, 1.82) is 5.26 Å². The summed E-state index contributed by atoms with van der Waals surface area (Å²) in [7, 11) is 0. The summed E-state index contributed by atoms with van der Waals surface area (Å²) in [5, 5.41) is 8.82. The predicted octanol–water partition coefficient (Wildman–Crippen LogP) is 3.19. The van der Waals surface area contributed by atoms with Crippen LogP contribution >= 0.6 is 15.9 Å². The number of halogens is 2. The molecule has 2 N–H and O–H groups in total. The summed E-state index contributed by atoms with van der Waals surface area (Å²) < 4.78 is 13.5. The highest BCUT2D eigenvalue weighted by Crippen LogP contribution is 2.26. The number of hydrogen-bond acceptors (Lipinski definition) is 2. The second kappa shape index (κ2) is 4.94. The number of nitrogens with two attached hydrogens (primary N) is 1. The SMILES string of the molecule is CC/C(C#N)=C(/N)c1cccc(F)c1Br. The normalized spacial score (nSPS) is 11.9. The van der Waals surface area contributed by atoms with Crippen LogP contribution in [0.4, 0.5) is 4.39 Å².